The lowest BCUT2D eigenvalue weighted by molar-refractivity contribution is 0.694. The molecule has 1 fully saturated rings. The Bertz CT molecular complexity index is 536. The van der Waals surface area contributed by atoms with Crippen molar-refractivity contribution in [3.63, 3.8) is 0 Å². The van der Waals surface area contributed by atoms with Crippen LogP contribution in [-0.4, -0.2) is 29.6 Å². The van der Waals surface area contributed by atoms with Crippen molar-refractivity contribution in [2.24, 2.45) is 0 Å². The third-order valence-electron chi connectivity index (χ3n) is 3.44. The van der Waals surface area contributed by atoms with E-state index in [4.69, 9.17) is 0 Å². The third kappa shape index (κ3) is 3.77. The Hall–Kier alpha value is -1.46. The van der Waals surface area contributed by atoms with Crippen LogP contribution in [0.15, 0.2) is 30.6 Å². The number of nitrogens with zero attached hydrogens (tertiary/aromatic N) is 3. The summed E-state index contributed by atoms with van der Waals surface area (Å²) in [5.41, 5.74) is 1.13. The molecule has 2 aromatic heterocycles. The Kier molecular flexibility index (Phi) is 4.28. The Labute approximate surface area is 123 Å². The van der Waals surface area contributed by atoms with Crippen LogP contribution >= 0.6 is 11.3 Å². The monoisotopic (exact) mass is 288 g/mol. The van der Waals surface area contributed by atoms with Crippen molar-refractivity contribution in [3.8, 4) is 0 Å². The maximum atomic E-state index is 4.51. The first-order valence-corrected chi connectivity index (χ1v) is 7.92. The topological polar surface area (TPSA) is 41.1 Å². The highest BCUT2D eigenvalue weighted by atomic mass is 32.1. The number of anilines is 1. The van der Waals surface area contributed by atoms with E-state index in [0.717, 1.165) is 36.4 Å². The molecular formula is C15H20N4S. The normalized spacial score (nSPS) is 14.4. The van der Waals surface area contributed by atoms with Gasteiger partial charge >= 0.3 is 0 Å². The molecule has 1 aliphatic rings. The number of nitrogens with one attached hydrogen (secondary N) is 1. The third-order valence-corrected chi connectivity index (χ3v) is 4.55. The van der Waals surface area contributed by atoms with Crippen LogP contribution < -0.4 is 10.2 Å². The largest absolute Gasteiger partial charge is 0.351 e. The van der Waals surface area contributed by atoms with Crippen molar-refractivity contribution < 1.29 is 0 Å². The molecule has 0 aromatic carbocycles. The maximum absolute atomic E-state index is 4.51. The quantitative estimate of drug-likeness (QED) is 0.850. The summed E-state index contributed by atoms with van der Waals surface area (Å²) in [5, 5.41) is 4.62. The fourth-order valence-electron chi connectivity index (χ4n) is 2.01. The van der Waals surface area contributed by atoms with E-state index in [1.165, 1.54) is 17.7 Å². The zero-order valence-electron chi connectivity index (χ0n) is 11.7. The summed E-state index contributed by atoms with van der Waals surface area (Å²) in [7, 11) is 2.10. The molecule has 0 unspecified atom stereocenters. The van der Waals surface area contributed by atoms with Gasteiger partial charge in [0, 0.05) is 55.6 Å². The molecule has 3 rings (SSSR count). The van der Waals surface area contributed by atoms with E-state index in [2.05, 4.69) is 33.3 Å². The van der Waals surface area contributed by atoms with E-state index in [1.807, 2.05) is 24.5 Å². The molecule has 0 radical (unpaired) electrons. The number of thiazole rings is 1. The number of pyridine rings is 1. The summed E-state index contributed by atoms with van der Waals surface area (Å²) in [5.74, 6) is 0. The Morgan fingerprint density at radius 1 is 1.35 bits per heavy atom. The van der Waals surface area contributed by atoms with Gasteiger partial charge in [-0.15, -0.1) is 11.3 Å². The molecule has 2 heterocycles. The summed E-state index contributed by atoms with van der Waals surface area (Å²) in [6, 6.07) is 6.81. The van der Waals surface area contributed by atoms with E-state index in [9.17, 15) is 0 Å². The molecule has 0 saturated heterocycles. The SMILES string of the molecule is CN(CCc1ccccn1)c1ncc(CNC2CC2)s1. The number of aromatic nitrogens is 2. The standard InChI is InChI=1S/C15H20N4S/c1-19(9-7-12-4-2-3-8-16-12)15-18-11-14(20-15)10-17-13-5-6-13/h2-4,8,11,13,17H,5-7,9-10H2,1H3. The van der Waals surface area contributed by atoms with Gasteiger partial charge in [-0.3, -0.25) is 4.98 Å². The van der Waals surface area contributed by atoms with Gasteiger partial charge in [0.2, 0.25) is 0 Å². The van der Waals surface area contributed by atoms with Gasteiger partial charge in [0.1, 0.15) is 0 Å². The van der Waals surface area contributed by atoms with E-state index in [1.54, 1.807) is 11.3 Å². The van der Waals surface area contributed by atoms with Gasteiger partial charge in [-0.05, 0) is 25.0 Å². The lowest BCUT2D eigenvalue weighted by atomic mass is 10.2. The highest BCUT2D eigenvalue weighted by Gasteiger charge is 2.20. The maximum Gasteiger partial charge on any atom is 0.185 e. The van der Waals surface area contributed by atoms with Gasteiger partial charge in [-0.1, -0.05) is 6.07 Å². The molecule has 1 saturated carbocycles. The first kappa shape index (κ1) is 13.5. The van der Waals surface area contributed by atoms with E-state index >= 15 is 0 Å². The van der Waals surface area contributed by atoms with Crippen molar-refractivity contribution in [1.29, 1.82) is 0 Å². The van der Waals surface area contributed by atoms with Crippen molar-refractivity contribution in [3.05, 3.63) is 41.2 Å². The molecule has 1 N–H and O–H groups in total. The molecule has 0 atom stereocenters. The smallest absolute Gasteiger partial charge is 0.185 e. The molecule has 0 amide bonds. The number of hydrogen-bond acceptors (Lipinski definition) is 5. The Morgan fingerprint density at radius 2 is 2.25 bits per heavy atom. The summed E-state index contributed by atoms with van der Waals surface area (Å²) < 4.78 is 0. The van der Waals surface area contributed by atoms with Crippen LogP contribution in [0.5, 0.6) is 0 Å². The molecule has 0 aliphatic heterocycles. The predicted octanol–water partition coefficient (Wildman–Crippen LogP) is 2.47. The van der Waals surface area contributed by atoms with Gasteiger partial charge in [-0.25, -0.2) is 4.98 Å². The Morgan fingerprint density at radius 3 is 3.00 bits per heavy atom. The summed E-state index contributed by atoms with van der Waals surface area (Å²) in [6.07, 6.45) is 7.45. The minimum absolute atomic E-state index is 0.752. The fourth-order valence-corrected chi connectivity index (χ4v) is 2.86. The molecule has 2 aromatic rings. The first-order valence-electron chi connectivity index (χ1n) is 7.10. The van der Waals surface area contributed by atoms with Gasteiger partial charge in [0.15, 0.2) is 5.13 Å². The number of likely N-dealkylation sites (N-methyl/N-ethyl adjacent to an activating group) is 1. The van der Waals surface area contributed by atoms with Gasteiger partial charge in [0.05, 0.1) is 0 Å². The minimum Gasteiger partial charge on any atom is -0.351 e. The number of hydrogen-bond donors (Lipinski definition) is 1. The van der Waals surface area contributed by atoms with E-state index in [0.29, 0.717) is 0 Å². The lowest BCUT2D eigenvalue weighted by Gasteiger charge is -2.14. The van der Waals surface area contributed by atoms with Crippen LogP contribution in [0.3, 0.4) is 0 Å². The van der Waals surface area contributed by atoms with E-state index in [-0.39, 0.29) is 0 Å². The lowest BCUT2D eigenvalue weighted by Crippen LogP contribution is -2.20. The molecule has 106 valence electrons. The van der Waals surface area contributed by atoms with Crippen molar-refractivity contribution in [1.82, 2.24) is 15.3 Å². The van der Waals surface area contributed by atoms with Crippen LogP contribution in [0.25, 0.3) is 0 Å². The van der Waals surface area contributed by atoms with Crippen molar-refractivity contribution >= 4 is 16.5 Å². The van der Waals surface area contributed by atoms with Gasteiger partial charge < -0.3 is 10.2 Å². The van der Waals surface area contributed by atoms with Crippen molar-refractivity contribution in [2.45, 2.75) is 31.8 Å². The fraction of sp³-hybridized carbons (Fsp3) is 0.467. The zero-order valence-corrected chi connectivity index (χ0v) is 12.6. The van der Waals surface area contributed by atoms with Gasteiger partial charge in [0.25, 0.3) is 0 Å². The summed E-state index contributed by atoms with van der Waals surface area (Å²) >= 11 is 1.78. The molecule has 4 nitrogen and oxygen atoms in total. The summed E-state index contributed by atoms with van der Waals surface area (Å²) in [6.45, 7) is 1.90. The van der Waals surface area contributed by atoms with Crippen molar-refractivity contribution in [2.75, 3.05) is 18.5 Å². The van der Waals surface area contributed by atoms with Crippen LogP contribution in [0.4, 0.5) is 5.13 Å². The highest BCUT2D eigenvalue weighted by molar-refractivity contribution is 7.15. The second kappa shape index (κ2) is 6.33. The molecule has 1 aliphatic carbocycles. The second-order valence-electron chi connectivity index (χ2n) is 5.26. The van der Waals surface area contributed by atoms with Gasteiger partial charge in [-0.2, -0.15) is 0 Å². The predicted molar refractivity (Wildman–Crippen MR) is 83.2 cm³/mol. The van der Waals surface area contributed by atoms with Crippen LogP contribution in [0.2, 0.25) is 0 Å². The zero-order chi connectivity index (χ0) is 13.8. The molecule has 5 heteroatoms. The molecule has 0 spiro atoms. The average Bonchev–Trinajstić information content (AvgIpc) is 3.20. The minimum atomic E-state index is 0.752. The average molecular weight is 288 g/mol. The molecule has 0 bridgehead atoms. The first-order chi connectivity index (χ1) is 9.81. The molecule has 20 heavy (non-hydrogen) atoms. The van der Waals surface area contributed by atoms with E-state index < -0.39 is 0 Å². The van der Waals surface area contributed by atoms with Crippen LogP contribution in [0, 0.1) is 0 Å². The van der Waals surface area contributed by atoms with Crippen LogP contribution in [0.1, 0.15) is 23.4 Å². The molecular weight excluding hydrogens is 268 g/mol. The number of rotatable bonds is 7. The van der Waals surface area contributed by atoms with Crippen LogP contribution in [-0.2, 0) is 13.0 Å². The highest BCUT2D eigenvalue weighted by Crippen LogP contribution is 2.24. The Balaban J connectivity index is 1.49. The second-order valence-corrected chi connectivity index (χ2v) is 6.35. The summed E-state index contributed by atoms with van der Waals surface area (Å²) in [4.78, 5) is 12.4.